The summed E-state index contributed by atoms with van der Waals surface area (Å²) in [4.78, 5) is 21.2. The maximum Gasteiger partial charge on any atom is 0.270 e. The molecule has 3 rings (SSSR count). The minimum absolute atomic E-state index is 0.158. The Morgan fingerprint density at radius 3 is 2.88 bits per heavy atom. The van der Waals surface area contributed by atoms with Gasteiger partial charge in [-0.15, -0.1) is 0 Å². The van der Waals surface area contributed by atoms with Gasteiger partial charge in [-0.25, -0.2) is 9.97 Å². The average molecular weight is 349 g/mol. The number of ether oxygens (including phenoxy) is 1. The molecule has 1 atom stereocenters. The summed E-state index contributed by atoms with van der Waals surface area (Å²) >= 11 is 5.84. The number of pyridine rings is 1. The van der Waals surface area contributed by atoms with Crippen LogP contribution in [-0.4, -0.2) is 33.7 Å². The number of nitrogens with zero attached hydrogens (tertiary/aromatic N) is 3. The van der Waals surface area contributed by atoms with Crippen LogP contribution in [0.25, 0.3) is 0 Å². The van der Waals surface area contributed by atoms with E-state index in [-0.39, 0.29) is 11.9 Å². The number of hydrogen-bond donors (Lipinski definition) is 1. The molecule has 0 aromatic carbocycles. The van der Waals surface area contributed by atoms with Crippen LogP contribution in [0.3, 0.4) is 0 Å². The summed E-state index contributed by atoms with van der Waals surface area (Å²) in [6, 6.07) is 3.14. The Balaban J connectivity index is 1.84. The fourth-order valence-electron chi connectivity index (χ4n) is 3.03. The fraction of sp³-hybridized carbons (Fsp3) is 0.471. The highest BCUT2D eigenvalue weighted by molar-refractivity contribution is 6.30. The lowest BCUT2D eigenvalue weighted by Crippen LogP contribution is -2.38. The molecule has 1 fully saturated rings. The van der Waals surface area contributed by atoms with Crippen molar-refractivity contribution in [3.8, 4) is 0 Å². The Bertz CT molecular complexity index is 680. The van der Waals surface area contributed by atoms with Crippen molar-refractivity contribution in [2.45, 2.75) is 32.4 Å². The summed E-state index contributed by atoms with van der Waals surface area (Å²) in [6.45, 7) is 4.30. The minimum atomic E-state index is -0.214. The van der Waals surface area contributed by atoms with Gasteiger partial charge in [-0.2, -0.15) is 0 Å². The highest BCUT2D eigenvalue weighted by Gasteiger charge is 2.30. The Kier molecular flexibility index (Phi) is 5.48. The monoisotopic (exact) mass is 348 g/mol. The molecular formula is C17H21ClN4O2. The van der Waals surface area contributed by atoms with Crippen LogP contribution in [0.4, 0.5) is 0 Å². The Labute approximate surface area is 146 Å². The molecule has 1 aliphatic heterocycles. The molecule has 1 N–H and O–H groups in total. The van der Waals surface area contributed by atoms with E-state index in [1.165, 1.54) is 6.20 Å². The Morgan fingerprint density at radius 2 is 2.21 bits per heavy atom. The molecule has 24 heavy (non-hydrogen) atoms. The lowest BCUT2D eigenvalue weighted by molar-refractivity contribution is 0.0497. The number of carbonyl (C=O) groups is 1. The van der Waals surface area contributed by atoms with Gasteiger partial charge in [0, 0.05) is 38.3 Å². The van der Waals surface area contributed by atoms with E-state index in [4.69, 9.17) is 16.3 Å². The van der Waals surface area contributed by atoms with Gasteiger partial charge in [-0.3, -0.25) is 4.79 Å². The predicted octanol–water partition coefficient (Wildman–Crippen LogP) is 2.85. The van der Waals surface area contributed by atoms with E-state index in [0.29, 0.717) is 29.8 Å². The number of imidazole rings is 1. The summed E-state index contributed by atoms with van der Waals surface area (Å²) in [7, 11) is 0. The molecule has 128 valence electrons. The van der Waals surface area contributed by atoms with Crippen LogP contribution < -0.4 is 5.32 Å². The molecule has 7 heteroatoms. The first-order chi connectivity index (χ1) is 11.7. The lowest BCUT2D eigenvalue weighted by Gasteiger charge is -2.30. The van der Waals surface area contributed by atoms with Crippen molar-refractivity contribution in [3.63, 3.8) is 0 Å². The van der Waals surface area contributed by atoms with Crippen LogP contribution in [0.5, 0.6) is 0 Å². The third kappa shape index (κ3) is 3.76. The second-order valence-electron chi connectivity index (χ2n) is 5.83. The zero-order valence-corrected chi connectivity index (χ0v) is 14.4. The number of nitrogens with one attached hydrogen (secondary N) is 1. The lowest BCUT2D eigenvalue weighted by atomic mass is 9.91. The standard InChI is InChI=1S/C17H21ClN4O2/c1-2-22-8-7-19-16(22)15(12-5-9-24-10-6-12)21-17(23)14-4-3-13(18)11-20-14/h3-4,7-8,11-12,15H,2,5-6,9-10H2,1H3,(H,21,23). The van der Waals surface area contributed by atoms with Crippen molar-refractivity contribution in [2.75, 3.05) is 13.2 Å². The first-order valence-electron chi connectivity index (χ1n) is 8.20. The van der Waals surface area contributed by atoms with E-state index in [9.17, 15) is 4.79 Å². The quantitative estimate of drug-likeness (QED) is 0.902. The van der Waals surface area contributed by atoms with Crippen LogP contribution in [0, 0.1) is 5.92 Å². The van der Waals surface area contributed by atoms with Crippen molar-refractivity contribution in [1.82, 2.24) is 19.9 Å². The van der Waals surface area contributed by atoms with E-state index in [0.717, 1.165) is 25.2 Å². The third-order valence-electron chi connectivity index (χ3n) is 4.35. The topological polar surface area (TPSA) is 69.0 Å². The van der Waals surface area contributed by atoms with E-state index in [1.54, 1.807) is 18.3 Å². The van der Waals surface area contributed by atoms with Gasteiger partial charge in [0.1, 0.15) is 11.5 Å². The molecular weight excluding hydrogens is 328 g/mol. The maximum atomic E-state index is 12.6. The number of halogens is 1. The molecule has 0 saturated carbocycles. The summed E-state index contributed by atoms with van der Waals surface area (Å²) in [5.74, 6) is 0.961. The number of aromatic nitrogens is 3. The smallest absolute Gasteiger partial charge is 0.270 e. The summed E-state index contributed by atoms with van der Waals surface area (Å²) in [5.41, 5.74) is 0.353. The normalized spacial score (nSPS) is 16.8. The first-order valence-corrected chi connectivity index (χ1v) is 8.58. The van der Waals surface area contributed by atoms with Gasteiger partial charge in [0.2, 0.25) is 0 Å². The van der Waals surface area contributed by atoms with Crippen LogP contribution in [0.15, 0.2) is 30.7 Å². The van der Waals surface area contributed by atoms with E-state index < -0.39 is 0 Å². The fourth-order valence-corrected chi connectivity index (χ4v) is 3.15. The Hall–Kier alpha value is -1.92. The second-order valence-corrected chi connectivity index (χ2v) is 6.27. The van der Waals surface area contributed by atoms with Gasteiger partial charge >= 0.3 is 0 Å². The van der Waals surface area contributed by atoms with Gasteiger partial charge in [0.05, 0.1) is 11.1 Å². The molecule has 0 radical (unpaired) electrons. The van der Waals surface area contributed by atoms with Crippen LogP contribution in [-0.2, 0) is 11.3 Å². The summed E-state index contributed by atoms with van der Waals surface area (Å²) in [6.07, 6.45) is 6.99. The second kappa shape index (κ2) is 7.77. The molecule has 1 aliphatic rings. The van der Waals surface area contributed by atoms with Crippen molar-refractivity contribution < 1.29 is 9.53 Å². The van der Waals surface area contributed by atoms with Crippen molar-refractivity contribution in [2.24, 2.45) is 5.92 Å². The first kappa shape index (κ1) is 16.9. The predicted molar refractivity (Wildman–Crippen MR) is 90.9 cm³/mol. The molecule has 0 spiro atoms. The molecule has 1 saturated heterocycles. The number of aryl methyl sites for hydroxylation is 1. The maximum absolute atomic E-state index is 12.6. The molecule has 1 amide bonds. The largest absolute Gasteiger partial charge is 0.381 e. The molecule has 0 bridgehead atoms. The highest BCUT2D eigenvalue weighted by Crippen LogP contribution is 2.29. The van der Waals surface area contributed by atoms with Crippen molar-refractivity contribution in [3.05, 3.63) is 47.3 Å². The van der Waals surface area contributed by atoms with Gasteiger partial charge in [0.25, 0.3) is 5.91 Å². The number of amides is 1. The SMILES string of the molecule is CCn1ccnc1C(NC(=O)c1ccc(Cl)cn1)C1CCOCC1. The zero-order chi connectivity index (χ0) is 16.9. The zero-order valence-electron chi connectivity index (χ0n) is 13.6. The molecule has 0 aliphatic carbocycles. The van der Waals surface area contributed by atoms with Crippen LogP contribution in [0.1, 0.15) is 42.1 Å². The van der Waals surface area contributed by atoms with Crippen LogP contribution in [0.2, 0.25) is 5.02 Å². The average Bonchev–Trinajstić information content (AvgIpc) is 3.09. The van der Waals surface area contributed by atoms with Gasteiger partial charge in [0.15, 0.2) is 0 Å². The molecule has 2 aromatic rings. The van der Waals surface area contributed by atoms with Crippen molar-refractivity contribution >= 4 is 17.5 Å². The van der Waals surface area contributed by atoms with Gasteiger partial charge < -0.3 is 14.6 Å². The van der Waals surface area contributed by atoms with E-state index in [2.05, 4.69) is 26.8 Å². The van der Waals surface area contributed by atoms with Crippen LogP contribution >= 0.6 is 11.6 Å². The molecule has 1 unspecified atom stereocenters. The molecule has 6 nitrogen and oxygen atoms in total. The molecule has 3 heterocycles. The highest BCUT2D eigenvalue weighted by atomic mass is 35.5. The summed E-state index contributed by atoms with van der Waals surface area (Å²) in [5, 5.41) is 3.62. The third-order valence-corrected chi connectivity index (χ3v) is 4.57. The number of carbonyl (C=O) groups excluding carboxylic acids is 1. The van der Waals surface area contributed by atoms with Gasteiger partial charge in [-0.1, -0.05) is 11.6 Å². The number of rotatable bonds is 5. The minimum Gasteiger partial charge on any atom is -0.381 e. The molecule has 2 aromatic heterocycles. The number of hydrogen-bond acceptors (Lipinski definition) is 4. The Morgan fingerprint density at radius 1 is 1.42 bits per heavy atom. The van der Waals surface area contributed by atoms with E-state index >= 15 is 0 Å². The van der Waals surface area contributed by atoms with E-state index in [1.807, 2.05) is 6.20 Å². The van der Waals surface area contributed by atoms with Gasteiger partial charge in [-0.05, 0) is 37.8 Å². The summed E-state index contributed by atoms with van der Waals surface area (Å²) < 4.78 is 7.52. The van der Waals surface area contributed by atoms with Crippen molar-refractivity contribution in [1.29, 1.82) is 0 Å².